The number of carbonyl (C=O) groups excluding carboxylic acids is 2. The average Bonchev–Trinajstić information content (AvgIpc) is 2.25. The van der Waals surface area contributed by atoms with E-state index in [0.29, 0.717) is 0 Å². The van der Waals surface area contributed by atoms with Crippen molar-refractivity contribution in [1.82, 2.24) is 0 Å². The Bertz CT molecular complexity index is 385. The van der Waals surface area contributed by atoms with Crippen molar-refractivity contribution in [3.05, 3.63) is 35.7 Å². The number of carbonyl (C=O) groups is 2. The number of hydrogen-bond acceptors (Lipinski definition) is 3. The second-order valence-electron chi connectivity index (χ2n) is 2.99. The maximum Gasteiger partial charge on any atom is 0.313 e. The third-order valence-electron chi connectivity index (χ3n) is 1.53. The van der Waals surface area contributed by atoms with E-state index >= 15 is 0 Å². The van der Waals surface area contributed by atoms with Gasteiger partial charge in [-0.3, -0.25) is 9.59 Å². The molecule has 0 saturated heterocycles. The Morgan fingerprint density at radius 3 is 1.88 bits per heavy atom. The van der Waals surface area contributed by atoms with Crippen LogP contribution in [0.2, 0.25) is 0 Å². The molecule has 0 aromatic heterocycles. The highest BCUT2D eigenvalue weighted by molar-refractivity contribution is 5.93. The van der Waals surface area contributed by atoms with E-state index in [1.54, 1.807) is 0 Å². The molecule has 3 nitrogen and oxygen atoms in total. The molecule has 0 aliphatic rings. The Hall–Kier alpha value is -1.85. The fourth-order valence-corrected chi connectivity index (χ4v) is 0.753. The summed E-state index contributed by atoms with van der Waals surface area (Å²) in [5.74, 6) is -4.38. The number of ether oxygens (including phenoxy) is 1. The highest BCUT2D eigenvalue weighted by atomic mass is 19.2. The summed E-state index contributed by atoms with van der Waals surface area (Å²) in [5, 5.41) is 0. The van der Waals surface area contributed by atoms with Crippen LogP contribution in [0.4, 0.5) is 13.2 Å². The Morgan fingerprint density at radius 2 is 1.65 bits per heavy atom. The van der Waals surface area contributed by atoms with Crippen molar-refractivity contribution in [3.8, 4) is 0 Å². The molecule has 0 aliphatic heterocycles. The first kappa shape index (κ1) is 15.2. The minimum atomic E-state index is -1.42. The van der Waals surface area contributed by atoms with E-state index in [9.17, 15) is 22.8 Å². The predicted octanol–water partition coefficient (Wildman–Crippen LogP) is 2.24. The van der Waals surface area contributed by atoms with E-state index in [-0.39, 0.29) is 12.2 Å². The molecule has 0 atom stereocenters. The topological polar surface area (TPSA) is 43.4 Å². The fraction of sp³-hybridized carbons (Fsp3) is 0.273. The number of hydrogen-bond donors (Lipinski definition) is 0. The first-order chi connectivity index (χ1) is 7.88. The molecule has 1 rings (SSSR count). The summed E-state index contributed by atoms with van der Waals surface area (Å²) in [4.78, 5) is 20.3. The first-order valence-corrected chi connectivity index (χ1v) is 4.54. The number of rotatable bonds is 2. The van der Waals surface area contributed by atoms with Crippen LogP contribution in [-0.4, -0.2) is 18.9 Å². The van der Waals surface area contributed by atoms with Crippen molar-refractivity contribution >= 4 is 11.8 Å². The van der Waals surface area contributed by atoms with Crippen molar-refractivity contribution in [2.75, 3.05) is 7.11 Å². The van der Waals surface area contributed by atoms with Crippen LogP contribution in [0, 0.1) is 17.5 Å². The van der Waals surface area contributed by atoms with Gasteiger partial charge in [-0.15, -0.1) is 0 Å². The van der Waals surface area contributed by atoms with Gasteiger partial charge in [0.2, 0.25) is 0 Å². The van der Waals surface area contributed by atoms with Gasteiger partial charge in [0, 0.05) is 0 Å². The zero-order valence-corrected chi connectivity index (χ0v) is 9.30. The second kappa shape index (κ2) is 7.43. The fourth-order valence-electron chi connectivity index (χ4n) is 0.753. The monoisotopic (exact) mass is 248 g/mol. The SMILES string of the molecule is COC(=O)CC(C)=O.Fc1cccc(F)c1F. The molecule has 0 saturated carbocycles. The Morgan fingerprint density at radius 1 is 1.18 bits per heavy atom. The highest BCUT2D eigenvalue weighted by Gasteiger charge is 2.04. The van der Waals surface area contributed by atoms with Gasteiger partial charge in [-0.1, -0.05) is 6.07 Å². The van der Waals surface area contributed by atoms with Crippen molar-refractivity contribution in [1.29, 1.82) is 0 Å². The minimum absolute atomic E-state index is 0.115. The van der Waals surface area contributed by atoms with Gasteiger partial charge in [-0.25, -0.2) is 13.2 Å². The predicted molar refractivity (Wildman–Crippen MR) is 53.6 cm³/mol. The lowest BCUT2D eigenvalue weighted by Gasteiger charge is -1.90. The van der Waals surface area contributed by atoms with Crippen LogP contribution in [0.15, 0.2) is 18.2 Å². The van der Waals surface area contributed by atoms with E-state index in [4.69, 9.17) is 0 Å². The molecule has 0 radical (unpaired) electrons. The molecule has 0 heterocycles. The molecule has 0 fully saturated rings. The number of methoxy groups -OCH3 is 1. The average molecular weight is 248 g/mol. The molecule has 94 valence electrons. The van der Waals surface area contributed by atoms with Crippen LogP contribution in [0.1, 0.15) is 13.3 Å². The molecule has 17 heavy (non-hydrogen) atoms. The van der Waals surface area contributed by atoms with Gasteiger partial charge >= 0.3 is 5.97 Å². The zero-order chi connectivity index (χ0) is 13.4. The zero-order valence-electron chi connectivity index (χ0n) is 9.30. The summed E-state index contributed by atoms with van der Waals surface area (Å²) in [6, 6.07) is 2.82. The Labute approximate surface area is 96.2 Å². The lowest BCUT2D eigenvalue weighted by molar-refractivity contribution is -0.142. The number of benzene rings is 1. The van der Waals surface area contributed by atoms with Gasteiger partial charge in [0.05, 0.1) is 7.11 Å². The molecule has 1 aromatic rings. The van der Waals surface area contributed by atoms with Gasteiger partial charge in [0.15, 0.2) is 17.5 Å². The molecule has 6 heteroatoms. The third-order valence-corrected chi connectivity index (χ3v) is 1.53. The van der Waals surface area contributed by atoms with E-state index in [1.165, 1.54) is 14.0 Å². The minimum Gasteiger partial charge on any atom is -0.469 e. The smallest absolute Gasteiger partial charge is 0.313 e. The Balaban J connectivity index is 0.000000304. The summed E-state index contributed by atoms with van der Waals surface area (Å²) in [7, 11) is 1.26. The van der Waals surface area contributed by atoms with Crippen molar-refractivity contribution < 1.29 is 27.5 Å². The number of esters is 1. The van der Waals surface area contributed by atoms with Gasteiger partial charge in [0.1, 0.15) is 12.2 Å². The summed E-state index contributed by atoms with van der Waals surface area (Å²) < 4.78 is 40.1. The molecule has 0 amide bonds. The second-order valence-corrected chi connectivity index (χ2v) is 2.99. The highest BCUT2D eigenvalue weighted by Crippen LogP contribution is 2.07. The van der Waals surface area contributed by atoms with Crippen molar-refractivity contribution in [3.63, 3.8) is 0 Å². The van der Waals surface area contributed by atoms with E-state index < -0.39 is 23.4 Å². The van der Waals surface area contributed by atoms with E-state index in [1.807, 2.05) is 0 Å². The first-order valence-electron chi connectivity index (χ1n) is 4.54. The number of halogens is 3. The van der Waals surface area contributed by atoms with Crippen LogP contribution in [0.3, 0.4) is 0 Å². The number of Topliss-reactive ketones (excluding diaryl/α,β-unsaturated/α-hetero) is 1. The Kier molecular flexibility index (Phi) is 6.62. The van der Waals surface area contributed by atoms with E-state index in [2.05, 4.69) is 4.74 Å². The van der Waals surface area contributed by atoms with Gasteiger partial charge in [-0.05, 0) is 19.1 Å². The summed E-state index contributed by atoms with van der Waals surface area (Å²) in [6.07, 6.45) is -0.115. The van der Waals surface area contributed by atoms with Gasteiger partial charge < -0.3 is 4.74 Å². The maximum absolute atomic E-state index is 12.0. The molecular weight excluding hydrogens is 237 g/mol. The lowest BCUT2D eigenvalue weighted by atomic mass is 10.3. The number of ketones is 1. The van der Waals surface area contributed by atoms with Crippen LogP contribution in [-0.2, 0) is 14.3 Å². The van der Waals surface area contributed by atoms with Crippen LogP contribution in [0.25, 0.3) is 0 Å². The molecule has 0 spiro atoms. The maximum atomic E-state index is 12.0. The van der Waals surface area contributed by atoms with Crippen molar-refractivity contribution in [2.24, 2.45) is 0 Å². The molecule has 0 aliphatic carbocycles. The van der Waals surface area contributed by atoms with Gasteiger partial charge in [-0.2, -0.15) is 0 Å². The molecule has 0 bridgehead atoms. The van der Waals surface area contributed by atoms with Crippen LogP contribution < -0.4 is 0 Å². The standard InChI is InChI=1S/C6H3F3.C5H8O3/c7-4-2-1-3-5(8)6(4)9;1-4(6)3-5(7)8-2/h1-3H;3H2,1-2H3. The summed E-state index contributed by atoms with van der Waals surface area (Å²) in [6.45, 7) is 1.34. The van der Waals surface area contributed by atoms with Gasteiger partial charge in [0.25, 0.3) is 0 Å². The van der Waals surface area contributed by atoms with E-state index in [0.717, 1.165) is 18.2 Å². The lowest BCUT2D eigenvalue weighted by Crippen LogP contribution is -2.05. The summed E-state index contributed by atoms with van der Waals surface area (Å²) in [5.41, 5.74) is 0. The molecule has 0 N–H and O–H groups in total. The molecule has 0 unspecified atom stereocenters. The molecular formula is C11H11F3O3. The molecule has 1 aromatic carbocycles. The summed E-state index contributed by atoms with van der Waals surface area (Å²) >= 11 is 0. The normalized spacial score (nSPS) is 9.00. The van der Waals surface area contributed by atoms with Crippen LogP contribution >= 0.6 is 0 Å². The quantitative estimate of drug-likeness (QED) is 0.458. The largest absolute Gasteiger partial charge is 0.469 e. The van der Waals surface area contributed by atoms with Crippen molar-refractivity contribution in [2.45, 2.75) is 13.3 Å². The third kappa shape index (κ3) is 6.34. The van der Waals surface area contributed by atoms with Crippen LogP contribution in [0.5, 0.6) is 0 Å².